The molecular weight excluding hydrogens is 190 g/mol. The number of hydrogen-bond acceptors (Lipinski definition) is 4. The maximum atomic E-state index is 5.89. The SMILES string of the molecule is CCC[C@H](N)c1nc(CC(C)(C)C)no1. The first-order valence-electron chi connectivity index (χ1n) is 5.50. The Bertz CT molecular complexity index is 301. The number of nitrogens with zero attached hydrogens (tertiary/aromatic N) is 2. The fourth-order valence-electron chi connectivity index (χ4n) is 1.40. The van der Waals surface area contributed by atoms with Crippen molar-refractivity contribution in [3.05, 3.63) is 11.7 Å². The third-order valence-electron chi connectivity index (χ3n) is 2.09. The molecule has 0 fully saturated rings. The van der Waals surface area contributed by atoms with Gasteiger partial charge in [-0.1, -0.05) is 39.3 Å². The minimum Gasteiger partial charge on any atom is -0.338 e. The van der Waals surface area contributed by atoms with Crippen molar-refractivity contribution >= 4 is 0 Å². The molecule has 1 heterocycles. The minimum absolute atomic E-state index is 0.115. The van der Waals surface area contributed by atoms with Crippen molar-refractivity contribution in [1.29, 1.82) is 0 Å². The smallest absolute Gasteiger partial charge is 0.243 e. The first kappa shape index (κ1) is 12.2. The van der Waals surface area contributed by atoms with Gasteiger partial charge < -0.3 is 10.3 Å². The van der Waals surface area contributed by atoms with Gasteiger partial charge in [0.25, 0.3) is 0 Å². The summed E-state index contributed by atoms with van der Waals surface area (Å²) in [6, 6.07) is -0.115. The van der Waals surface area contributed by atoms with Crippen molar-refractivity contribution in [1.82, 2.24) is 10.1 Å². The van der Waals surface area contributed by atoms with Gasteiger partial charge in [0, 0.05) is 6.42 Å². The zero-order valence-electron chi connectivity index (χ0n) is 10.1. The summed E-state index contributed by atoms with van der Waals surface area (Å²) < 4.78 is 5.14. The van der Waals surface area contributed by atoms with Crippen LogP contribution >= 0.6 is 0 Å². The number of hydrogen-bond donors (Lipinski definition) is 1. The van der Waals surface area contributed by atoms with Gasteiger partial charge in [-0.25, -0.2) is 0 Å². The number of rotatable bonds is 4. The van der Waals surface area contributed by atoms with Gasteiger partial charge >= 0.3 is 0 Å². The molecule has 0 saturated carbocycles. The zero-order valence-corrected chi connectivity index (χ0v) is 10.1. The number of nitrogens with two attached hydrogens (primary N) is 1. The molecule has 2 N–H and O–H groups in total. The van der Waals surface area contributed by atoms with Crippen molar-refractivity contribution in [3.8, 4) is 0 Å². The Hall–Kier alpha value is -0.900. The van der Waals surface area contributed by atoms with Crippen LogP contribution in [0.2, 0.25) is 0 Å². The van der Waals surface area contributed by atoms with Crippen LogP contribution in [0.3, 0.4) is 0 Å². The highest BCUT2D eigenvalue weighted by Crippen LogP contribution is 2.20. The summed E-state index contributed by atoms with van der Waals surface area (Å²) in [5.74, 6) is 1.32. The number of aromatic nitrogens is 2. The maximum Gasteiger partial charge on any atom is 0.243 e. The molecule has 1 aromatic heterocycles. The van der Waals surface area contributed by atoms with Crippen LogP contribution in [0.15, 0.2) is 4.52 Å². The Morgan fingerprint density at radius 2 is 2.07 bits per heavy atom. The van der Waals surface area contributed by atoms with Crippen molar-refractivity contribution in [2.45, 2.75) is 53.0 Å². The second-order valence-electron chi connectivity index (χ2n) is 5.18. The Labute approximate surface area is 91.2 Å². The van der Waals surface area contributed by atoms with Crippen LogP contribution in [0, 0.1) is 5.41 Å². The molecule has 0 spiro atoms. The van der Waals surface area contributed by atoms with Crippen LogP contribution in [0.25, 0.3) is 0 Å². The molecule has 0 unspecified atom stereocenters. The molecule has 0 aliphatic rings. The lowest BCUT2D eigenvalue weighted by Gasteiger charge is -2.14. The normalized spacial score (nSPS) is 14.2. The quantitative estimate of drug-likeness (QED) is 0.830. The van der Waals surface area contributed by atoms with Crippen LogP contribution in [0.4, 0.5) is 0 Å². The maximum absolute atomic E-state index is 5.89. The summed E-state index contributed by atoms with van der Waals surface area (Å²) in [5, 5.41) is 3.94. The molecule has 0 aliphatic carbocycles. The van der Waals surface area contributed by atoms with E-state index in [-0.39, 0.29) is 11.5 Å². The van der Waals surface area contributed by atoms with Crippen molar-refractivity contribution in [2.75, 3.05) is 0 Å². The summed E-state index contributed by atoms with van der Waals surface area (Å²) in [5.41, 5.74) is 6.06. The van der Waals surface area contributed by atoms with Gasteiger partial charge in [0.1, 0.15) is 0 Å². The predicted octanol–water partition coefficient (Wildman–Crippen LogP) is 2.46. The minimum atomic E-state index is -0.115. The average Bonchev–Trinajstić information content (AvgIpc) is 2.50. The third-order valence-corrected chi connectivity index (χ3v) is 2.09. The van der Waals surface area contributed by atoms with E-state index in [0.29, 0.717) is 5.89 Å². The largest absolute Gasteiger partial charge is 0.338 e. The van der Waals surface area contributed by atoms with E-state index in [0.717, 1.165) is 25.1 Å². The van der Waals surface area contributed by atoms with Gasteiger partial charge in [-0.05, 0) is 11.8 Å². The lowest BCUT2D eigenvalue weighted by Crippen LogP contribution is -2.12. The molecule has 86 valence electrons. The molecule has 0 saturated heterocycles. The van der Waals surface area contributed by atoms with Crippen LogP contribution < -0.4 is 5.73 Å². The highest BCUT2D eigenvalue weighted by Gasteiger charge is 2.18. The van der Waals surface area contributed by atoms with E-state index in [9.17, 15) is 0 Å². The second kappa shape index (κ2) is 4.75. The van der Waals surface area contributed by atoms with Crippen LogP contribution in [-0.4, -0.2) is 10.1 Å². The second-order valence-corrected chi connectivity index (χ2v) is 5.18. The van der Waals surface area contributed by atoms with Crippen LogP contribution in [0.1, 0.15) is 58.3 Å². The highest BCUT2D eigenvalue weighted by atomic mass is 16.5. The molecule has 1 rings (SSSR count). The highest BCUT2D eigenvalue weighted by molar-refractivity contribution is 4.93. The first-order valence-corrected chi connectivity index (χ1v) is 5.50. The van der Waals surface area contributed by atoms with Crippen LogP contribution in [-0.2, 0) is 6.42 Å². The Kier molecular flexibility index (Phi) is 3.85. The summed E-state index contributed by atoms with van der Waals surface area (Å²) >= 11 is 0. The lowest BCUT2D eigenvalue weighted by atomic mass is 9.92. The molecular formula is C11H21N3O. The predicted molar refractivity (Wildman–Crippen MR) is 59.3 cm³/mol. The Morgan fingerprint density at radius 1 is 1.40 bits per heavy atom. The summed E-state index contributed by atoms with van der Waals surface area (Å²) in [4.78, 5) is 4.31. The lowest BCUT2D eigenvalue weighted by molar-refractivity contribution is 0.335. The molecule has 4 nitrogen and oxygen atoms in total. The Morgan fingerprint density at radius 3 is 2.60 bits per heavy atom. The summed E-state index contributed by atoms with van der Waals surface area (Å²) in [6.07, 6.45) is 2.73. The van der Waals surface area contributed by atoms with Crippen molar-refractivity contribution in [3.63, 3.8) is 0 Å². The van der Waals surface area contributed by atoms with E-state index in [1.807, 2.05) is 0 Å². The van der Waals surface area contributed by atoms with Gasteiger partial charge in [-0.2, -0.15) is 4.98 Å². The van der Waals surface area contributed by atoms with E-state index in [1.54, 1.807) is 0 Å². The van der Waals surface area contributed by atoms with Gasteiger partial charge in [0.15, 0.2) is 5.82 Å². The molecule has 0 radical (unpaired) electrons. The topological polar surface area (TPSA) is 64.9 Å². The molecule has 0 bridgehead atoms. The fraction of sp³-hybridized carbons (Fsp3) is 0.818. The molecule has 0 aliphatic heterocycles. The average molecular weight is 211 g/mol. The molecule has 15 heavy (non-hydrogen) atoms. The van der Waals surface area contributed by atoms with E-state index in [4.69, 9.17) is 10.3 Å². The van der Waals surface area contributed by atoms with Crippen molar-refractivity contribution < 1.29 is 4.52 Å². The van der Waals surface area contributed by atoms with E-state index >= 15 is 0 Å². The van der Waals surface area contributed by atoms with E-state index < -0.39 is 0 Å². The summed E-state index contributed by atoms with van der Waals surface area (Å²) in [7, 11) is 0. The summed E-state index contributed by atoms with van der Waals surface area (Å²) in [6.45, 7) is 8.53. The molecule has 1 aromatic rings. The van der Waals surface area contributed by atoms with E-state index in [2.05, 4.69) is 37.8 Å². The Balaban J connectivity index is 2.64. The molecule has 4 heteroatoms. The van der Waals surface area contributed by atoms with E-state index in [1.165, 1.54) is 0 Å². The molecule has 0 amide bonds. The van der Waals surface area contributed by atoms with Crippen LogP contribution in [0.5, 0.6) is 0 Å². The molecule has 1 atom stereocenters. The first-order chi connectivity index (χ1) is 6.92. The fourth-order valence-corrected chi connectivity index (χ4v) is 1.40. The standard InChI is InChI=1S/C11H21N3O/c1-5-6-8(12)10-13-9(14-15-10)7-11(2,3)4/h8H,5-7,12H2,1-4H3/t8-/m0/s1. The van der Waals surface area contributed by atoms with Crippen molar-refractivity contribution in [2.24, 2.45) is 11.1 Å². The molecule has 0 aromatic carbocycles. The zero-order chi connectivity index (χ0) is 11.5. The monoisotopic (exact) mass is 211 g/mol. The van der Waals surface area contributed by atoms with Gasteiger partial charge in [0.05, 0.1) is 6.04 Å². The van der Waals surface area contributed by atoms with Gasteiger partial charge in [0.2, 0.25) is 5.89 Å². The third kappa shape index (κ3) is 4.00. The van der Waals surface area contributed by atoms with Gasteiger partial charge in [-0.3, -0.25) is 0 Å². The van der Waals surface area contributed by atoms with Gasteiger partial charge in [-0.15, -0.1) is 0 Å².